The first-order chi connectivity index (χ1) is 9.95. The molecule has 0 heterocycles. The number of rotatable bonds is 5. The van der Waals surface area contributed by atoms with Crippen molar-refractivity contribution in [1.82, 2.24) is 5.32 Å². The molecule has 2 rings (SSSR count). The van der Waals surface area contributed by atoms with Gasteiger partial charge in [0.15, 0.2) is 6.61 Å². The summed E-state index contributed by atoms with van der Waals surface area (Å²) in [6, 6.07) is 5.74. The molecule has 1 aromatic rings. The van der Waals surface area contributed by atoms with Crippen molar-refractivity contribution in [2.75, 3.05) is 6.61 Å². The summed E-state index contributed by atoms with van der Waals surface area (Å²) in [6.45, 7) is 3.90. The highest BCUT2D eigenvalue weighted by atomic mass is 16.5. The number of carboxylic acids is 1. The van der Waals surface area contributed by atoms with Gasteiger partial charge in [0.2, 0.25) is 0 Å². The van der Waals surface area contributed by atoms with Crippen molar-refractivity contribution in [3.63, 3.8) is 0 Å². The molecule has 0 aromatic heterocycles. The van der Waals surface area contributed by atoms with Gasteiger partial charge in [0.1, 0.15) is 5.75 Å². The summed E-state index contributed by atoms with van der Waals surface area (Å²) in [6.07, 6.45) is 1.84. The van der Waals surface area contributed by atoms with Crippen molar-refractivity contribution >= 4 is 11.9 Å². The second-order valence-electron chi connectivity index (χ2n) is 5.67. The van der Waals surface area contributed by atoms with E-state index in [1.807, 2.05) is 32.0 Å². The molecule has 1 fully saturated rings. The average molecular weight is 291 g/mol. The van der Waals surface area contributed by atoms with Gasteiger partial charge in [-0.05, 0) is 44.7 Å². The lowest BCUT2D eigenvalue weighted by atomic mass is 10.1. The maximum absolute atomic E-state index is 11.8. The number of carboxylic acid groups (broad SMARTS) is 1. The van der Waals surface area contributed by atoms with Crippen LogP contribution in [0, 0.1) is 19.8 Å². The Morgan fingerprint density at radius 3 is 2.71 bits per heavy atom. The fourth-order valence-corrected chi connectivity index (χ4v) is 2.71. The van der Waals surface area contributed by atoms with Gasteiger partial charge in [-0.3, -0.25) is 9.59 Å². The first-order valence-electron chi connectivity index (χ1n) is 7.18. The number of ether oxygens (including phenoxy) is 1. The van der Waals surface area contributed by atoms with Crippen LogP contribution in [0.1, 0.15) is 30.4 Å². The van der Waals surface area contributed by atoms with Crippen LogP contribution in [-0.4, -0.2) is 29.6 Å². The lowest BCUT2D eigenvalue weighted by Crippen LogP contribution is -2.36. The molecule has 5 heteroatoms. The Balaban J connectivity index is 1.79. The Hall–Kier alpha value is -2.04. The molecule has 2 N–H and O–H groups in total. The molecule has 1 aliphatic rings. The first-order valence-corrected chi connectivity index (χ1v) is 7.18. The summed E-state index contributed by atoms with van der Waals surface area (Å²) in [7, 11) is 0. The normalized spacial score (nSPS) is 21.0. The smallest absolute Gasteiger partial charge is 0.306 e. The van der Waals surface area contributed by atoms with Gasteiger partial charge < -0.3 is 15.2 Å². The van der Waals surface area contributed by atoms with E-state index in [0.717, 1.165) is 11.1 Å². The van der Waals surface area contributed by atoms with Crippen LogP contribution in [0.2, 0.25) is 0 Å². The minimum atomic E-state index is -0.779. The number of carbonyl (C=O) groups is 2. The van der Waals surface area contributed by atoms with E-state index in [0.29, 0.717) is 25.0 Å². The van der Waals surface area contributed by atoms with E-state index >= 15 is 0 Å². The average Bonchev–Trinajstić information content (AvgIpc) is 2.86. The second kappa shape index (κ2) is 6.61. The molecule has 1 aromatic carbocycles. The van der Waals surface area contributed by atoms with Crippen molar-refractivity contribution < 1.29 is 19.4 Å². The molecule has 5 nitrogen and oxygen atoms in total. The summed E-state index contributed by atoms with van der Waals surface area (Å²) in [5, 5.41) is 11.8. The Morgan fingerprint density at radius 2 is 2.10 bits per heavy atom. The van der Waals surface area contributed by atoms with Crippen LogP contribution in [0.4, 0.5) is 0 Å². The molecule has 0 spiro atoms. The number of amides is 1. The summed E-state index contributed by atoms with van der Waals surface area (Å²) in [5.74, 6) is -0.620. The molecule has 1 saturated carbocycles. The van der Waals surface area contributed by atoms with E-state index in [-0.39, 0.29) is 24.5 Å². The van der Waals surface area contributed by atoms with Crippen LogP contribution in [0.15, 0.2) is 18.2 Å². The van der Waals surface area contributed by atoms with Gasteiger partial charge in [-0.2, -0.15) is 0 Å². The quantitative estimate of drug-likeness (QED) is 0.870. The highest BCUT2D eigenvalue weighted by molar-refractivity contribution is 5.78. The standard InChI is InChI=1S/C16H21NO4/c1-10-3-6-14(11(2)7-10)21-9-15(18)17-13-5-4-12(8-13)16(19)20/h3,6-7,12-13H,4-5,8-9H2,1-2H3,(H,17,18)(H,19,20). The van der Waals surface area contributed by atoms with E-state index in [9.17, 15) is 9.59 Å². The molecule has 1 amide bonds. The van der Waals surface area contributed by atoms with Gasteiger partial charge in [-0.1, -0.05) is 17.7 Å². The molecular weight excluding hydrogens is 270 g/mol. The lowest BCUT2D eigenvalue weighted by molar-refractivity contribution is -0.141. The molecule has 0 radical (unpaired) electrons. The fourth-order valence-electron chi connectivity index (χ4n) is 2.71. The Kier molecular flexibility index (Phi) is 4.83. The van der Waals surface area contributed by atoms with Crippen LogP contribution in [0.5, 0.6) is 5.75 Å². The molecule has 0 aliphatic heterocycles. The van der Waals surface area contributed by atoms with Crippen LogP contribution < -0.4 is 10.1 Å². The fraction of sp³-hybridized carbons (Fsp3) is 0.500. The van der Waals surface area contributed by atoms with Gasteiger partial charge in [-0.25, -0.2) is 0 Å². The number of aliphatic carboxylic acids is 1. The maximum atomic E-state index is 11.8. The number of hydrogen-bond acceptors (Lipinski definition) is 3. The van der Waals surface area contributed by atoms with Gasteiger partial charge in [0.25, 0.3) is 5.91 Å². The predicted octanol–water partition coefficient (Wildman–Crippen LogP) is 2.05. The summed E-state index contributed by atoms with van der Waals surface area (Å²) < 4.78 is 5.51. The van der Waals surface area contributed by atoms with Gasteiger partial charge in [0.05, 0.1) is 5.92 Å². The third-order valence-electron chi connectivity index (χ3n) is 3.84. The zero-order chi connectivity index (χ0) is 15.4. The third kappa shape index (κ3) is 4.21. The van der Waals surface area contributed by atoms with E-state index < -0.39 is 5.97 Å². The molecule has 2 unspecified atom stereocenters. The zero-order valence-corrected chi connectivity index (χ0v) is 12.4. The highest BCUT2D eigenvalue weighted by Gasteiger charge is 2.30. The SMILES string of the molecule is Cc1ccc(OCC(=O)NC2CCC(C(=O)O)C2)c(C)c1. The summed E-state index contributed by atoms with van der Waals surface area (Å²) >= 11 is 0. The van der Waals surface area contributed by atoms with E-state index in [2.05, 4.69) is 5.32 Å². The zero-order valence-electron chi connectivity index (χ0n) is 12.4. The Morgan fingerprint density at radius 1 is 1.33 bits per heavy atom. The molecular formula is C16H21NO4. The number of hydrogen-bond donors (Lipinski definition) is 2. The largest absolute Gasteiger partial charge is 0.484 e. The Labute approximate surface area is 124 Å². The van der Waals surface area contributed by atoms with Crippen LogP contribution in [0.3, 0.4) is 0 Å². The van der Waals surface area contributed by atoms with E-state index in [1.54, 1.807) is 0 Å². The molecule has 2 atom stereocenters. The Bertz CT molecular complexity index is 541. The molecule has 114 valence electrons. The number of nitrogens with one attached hydrogen (secondary N) is 1. The maximum Gasteiger partial charge on any atom is 0.306 e. The summed E-state index contributed by atoms with van der Waals surface area (Å²) in [4.78, 5) is 22.7. The van der Waals surface area contributed by atoms with Crippen molar-refractivity contribution in [2.45, 2.75) is 39.2 Å². The van der Waals surface area contributed by atoms with Crippen molar-refractivity contribution in [2.24, 2.45) is 5.92 Å². The predicted molar refractivity (Wildman–Crippen MR) is 78.3 cm³/mol. The van der Waals surface area contributed by atoms with Gasteiger partial charge in [0, 0.05) is 6.04 Å². The molecule has 0 bridgehead atoms. The van der Waals surface area contributed by atoms with E-state index in [4.69, 9.17) is 9.84 Å². The first kappa shape index (κ1) is 15.4. The molecule has 1 aliphatic carbocycles. The number of carbonyl (C=O) groups excluding carboxylic acids is 1. The van der Waals surface area contributed by atoms with Crippen LogP contribution >= 0.6 is 0 Å². The van der Waals surface area contributed by atoms with Crippen molar-refractivity contribution in [1.29, 1.82) is 0 Å². The number of benzene rings is 1. The summed E-state index contributed by atoms with van der Waals surface area (Å²) in [5.41, 5.74) is 2.14. The highest BCUT2D eigenvalue weighted by Crippen LogP contribution is 2.25. The van der Waals surface area contributed by atoms with Crippen LogP contribution in [0.25, 0.3) is 0 Å². The van der Waals surface area contributed by atoms with Crippen molar-refractivity contribution in [3.05, 3.63) is 29.3 Å². The number of aryl methyl sites for hydroxylation is 2. The lowest BCUT2D eigenvalue weighted by Gasteiger charge is -2.14. The molecule has 21 heavy (non-hydrogen) atoms. The third-order valence-corrected chi connectivity index (χ3v) is 3.84. The minimum Gasteiger partial charge on any atom is -0.484 e. The topological polar surface area (TPSA) is 75.6 Å². The van der Waals surface area contributed by atoms with E-state index in [1.165, 1.54) is 0 Å². The molecule has 0 saturated heterocycles. The second-order valence-corrected chi connectivity index (χ2v) is 5.67. The van der Waals surface area contributed by atoms with Crippen LogP contribution in [-0.2, 0) is 9.59 Å². The van der Waals surface area contributed by atoms with Crippen molar-refractivity contribution in [3.8, 4) is 5.75 Å². The van der Waals surface area contributed by atoms with Gasteiger partial charge in [-0.15, -0.1) is 0 Å². The monoisotopic (exact) mass is 291 g/mol. The minimum absolute atomic E-state index is 0.0435. The van der Waals surface area contributed by atoms with Gasteiger partial charge >= 0.3 is 5.97 Å².